The van der Waals surface area contributed by atoms with Gasteiger partial charge >= 0.3 is 0 Å². The zero-order chi connectivity index (χ0) is 7.40. The monoisotopic (exact) mass is 181 g/mol. The van der Waals surface area contributed by atoms with Crippen LogP contribution in [0.3, 0.4) is 0 Å². The van der Waals surface area contributed by atoms with Crippen LogP contribution in [0.5, 0.6) is 0 Å². The van der Waals surface area contributed by atoms with Crippen molar-refractivity contribution in [1.82, 2.24) is 0 Å². The van der Waals surface area contributed by atoms with Crippen molar-refractivity contribution in [1.29, 1.82) is 0 Å². The minimum Gasteiger partial charge on any atom is -0.330 e. The first kappa shape index (κ1) is 11.2. The van der Waals surface area contributed by atoms with E-state index in [2.05, 4.69) is 0 Å². The highest BCUT2D eigenvalue weighted by molar-refractivity contribution is 5.85. The molecule has 11 heavy (non-hydrogen) atoms. The molecule has 2 atom stereocenters. The summed E-state index contributed by atoms with van der Waals surface area (Å²) < 4.78 is 13.0. The van der Waals surface area contributed by atoms with Gasteiger partial charge in [-0.2, -0.15) is 0 Å². The van der Waals surface area contributed by atoms with Crippen LogP contribution in [-0.2, 0) is 0 Å². The number of nitrogens with two attached hydrogens (primary N) is 1. The molecule has 1 nitrogen and oxygen atoms in total. The van der Waals surface area contributed by atoms with Gasteiger partial charge in [-0.15, -0.1) is 12.4 Å². The number of rotatable bonds is 2. The molecule has 2 unspecified atom stereocenters. The van der Waals surface area contributed by atoms with Crippen molar-refractivity contribution in [2.75, 3.05) is 6.54 Å². The van der Waals surface area contributed by atoms with Gasteiger partial charge in [0.25, 0.3) is 0 Å². The summed E-state index contributed by atoms with van der Waals surface area (Å²) >= 11 is 0. The molecule has 0 bridgehead atoms. The lowest BCUT2D eigenvalue weighted by Crippen LogP contribution is -2.23. The van der Waals surface area contributed by atoms with E-state index in [9.17, 15) is 4.39 Å². The molecule has 0 amide bonds. The first-order valence-electron chi connectivity index (χ1n) is 4.18. The normalized spacial score (nSPS) is 31.1. The van der Waals surface area contributed by atoms with E-state index in [1.807, 2.05) is 0 Å². The Hall–Kier alpha value is 0.180. The fraction of sp³-hybridized carbons (Fsp3) is 1.00. The minimum atomic E-state index is -0.558. The summed E-state index contributed by atoms with van der Waals surface area (Å²) in [6, 6.07) is 0. The van der Waals surface area contributed by atoms with Gasteiger partial charge in [0, 0.05) is 0 Å². The fourth-order valence-corrected chi connectivity index (χ4v) is 1.70. The summed E-state index contributed by atoms with van der Waals surface area (Å²) in [5, 5.41) is 0. The van der Waals surface area contributed by atoms with Crippen LogP contribution in [0, 0.1) is 5.92 Å². The Labute approximate surface area is 73.9 Å². The van der Waals surface area contributed by atoms with Gasteiger partial charge in [-0.25, -0.2) is 4.39 Å². The lowest BCUT2D eigenvalue weighted by molar-refractivity contribution is 0.159. The van der Waals surface area contributed by atoms with Crippen molar-refractivity contribution in [3.63, 3.8) is 0 Å². The third-order valence-electron chi connectivity index (χ3n) is 2.35. The van der Waals surface area contributed by atoms with Gasteiger partial charge in [-0.3, -0.25) is 0 Å². The molecular weight excluding hydrogens is 165 g/mol. The van der Waals surface area contributed by atoms with Crippen molar-refractivity contribution in [2.45, 2.75) is 38.3 Å². The molecule has 1 aliphatic carbocycles. The van der Waals surface area contributed by atoms with E-state index in [4.69, 9.17) is 5.73 Å². The largest absolute Gasteiger partial charge is 0.330 e. The summed E-state index contributed by atoms with van der Waals surface area (Å²) in [5.41, 5.74) is 5.35. The summed E-state index contributed by atoms with van der Waals surface area (Å²) in [6.07, 6.45) is 4.41. The van der Waals surface area contributed by atoms with Crippen molar-refractivity contribution < 1.29 is 4.39 Å². The van der Waals surface area contributed by atoms with Crippen LogP contribution in [0.15, 0.2) is 0 Å². The van der Waals surface area contributed by atoms with Crippen molar-refractivity contribution in [3.05, 3.63) is 0 Å². The van der Waals surface area contributed by atoms with E-state index in [1.165, 1.54) is 6.42 Å². The van der Waals surface area contributed by atoms with Crippen LogP contribution in [0.25, 0.3) is 0 Å². The van der Waals surface area contributed by atoms with Crippen LogP contribution in [0.1, 0.15) is 32.1 Å². The second-order valence-corrected chi connectivity index (χ2v) is 3.14. The molecule has 1 saturated carbocycles. The molecule has 2 N–H and O–H groups in total. The maximum Gasteiger partial charge on any atom is 0.103 e. The molecule has 0 aromatic rings. The molecule has 1 aliphatic rings. The molecule has 3 heteroatoms. The van der Waals surface area contributed by atoms with Crippen molar-refractivity contribution in [2.24, 2.45) is 11.7 Å². The Kier molecular flexibility index (Phi) is 5.88. The van der Waals surface area contributed by atoms with Gasteiger partial charge < -0.3 is 5.73 Å². The molecule has 0 aromatic heterocycles. The van der Waals surface area contributed by atoms with E-state index in [-0.39, 0.29) is 18.3 Å². The number of alkyl halides is 1. The van der Waals surface area contributed by atoms with Crippen LogP contribution < -0.4 is 5.73 Å². The van der Waals surface area contributed by atoms with Gasteiger partial charge in [-0.05, 0) is 31.7 Å². The number of halogens is 2. The van der Waals surface area contributed by atoms with Crippen molar-refractivity contribution >= 4 is 12.4 Å². The third kappa shape index (κ3) is 3.39. The Bertz CT molecular complexity index is 98.1. The molecule has 0 saturated heterocycles. The zero-order valence-corrected chi connectivity index (χ0v) is 7.58. The van der Waals surface area contributed by atoms with Crippen LogP contribution in [0.4, 0.5) is 4.39 Å². The number of hydrogen-bond acceptors (Lipinski definition) is 1. The Morgan fingerprint density at radius 3 is 2.45 bits per heavy atom. The van der Waals surface area contributed by atoms with E-state index in [0.717, 1.165) is 25.7 Å². The molecule has 68 valence electrons. The van der Waals surface area contributed by atoms with E-state index in [1.54, 1.807) is 0 Å². The molecule has 0 heterocycles. The molecule has 1 rings (SSSR count). The van der Waals surface area contributed by atoms with Crippen LogP contribution in [0.2, 0.25) is 0 Å². The highest BCUT2D eigenvalue weighted by Gasteiger charge is 2.23. The standard InChI is InChI=1S/C8H16FN.ClH/c9-8-4-2-1-3-7(8)5-6-10;/h7-8H,1-6,10H2;1H. The molecule has 1 fully saturated rings. The van der Waals surface area contributed by atoms with Crippen molar-refractivity contribution in [3.8, 4) is 0 Å². The van der Waals surface area contributed by atoms with Gasteiger partial charge in [0.15, 0.2) is 0 Å². The quantitative estimate of drug-likeness (QED) is 0.695. The highest BCUT2D eigenvalue weighted by atomic mass is 35.5. The second-order valence-electron chi connectivity index (χ2n) is 3.14. The zero-order valence-electron chi connectivity index (χ0n) is 6.76. The van der Waals surface area contributed by atoms with Gasteiger partial charge in [0.05, 0.1) is 0 Å². The van der Waals surface area contributed by atoms with Gasteiger partial charge in [0.2, 0.25) is 0 Å². The first-order chi connectivity index (χ1) is 4.84. The second kappa shape index (κ2) is 5.78. The molecule has 0 aliphatic heterocycles. The van der Waals surface area contributed by atoms with Gasteiger partial charge in [0.1, 0.15) is 6.17 Å². The molecule has 0 aromatic carbocycles. The van der Waals surface area contributed by atoms with E-state index in [0.29, 0.717) is 6.54 Å². The summed E-state index contributed by atoms with van der Waals surface area (Å²) in [7, 11) is 0. The SMILES string of the molecule is Cl.NCCC1CCCCC1F. The maximum atomic E-state index is 13.0. The first-order valence-corrected chi connectivity index (χ1v) is 4.18. The van der Waals surface area contributed by atoms with Crippen LogP contribution >= 0.6 is 12.4 Å². The summed E-state index contributed by atoms with van der Waals surface area (Å²) in [5.74, 6) is 0.277. The Morgan fingerprint density at radius 2 is 1.91 bits per heavy atom. The lowest BCUT2D eigenvalue weighted by Gasteiger charge is -2.24. The smallest absolute Gasteiger partial charge is 0.103 e. The lowest BCUT2D eigenvalue weighted by atomic mass is 9.85. The Morgan fingerprint density at radius 1 is 1.27 bits per heavy atom. The fourth-order valence-electron chi connectivity index (χ4n) is 1.70. The van der Waals surface area contributed by atoms with Crippen LogP contribution in [-0.4, -0.2) is 12.7 Å². The molecule has 0 spiro atoms. The minimum absolute atomic E-state index is 0. The summed E-state index contributed by atoms with van der Waals surface area (Å²) in [6.45, 7) is 0.644. The van der Waals surface area contributed by atoms with Gasteiger partial charge in [-0.1, -0.05) is 12.8 Å². The Balaban J connectivity index is 0.000001000. The molecule has 0 radical (unpaired) electrons. The average molecular weight is 182 g/mol. The summed E-state index contributed by atoms with van der Waals surface area (Å²) in [4.78, 5) is 0. The average Bonchev–Trinajstić information content (AvgIpc) is 1.94. The highest BCUT2D eigenvalue weighted by Crippen LogP contribution is 2.28. The maximum absolute atomic E-state index is 13.0. The number of hydrogen-bond donors (Lipinski definition) is 1. The third-order valence-corrected chi connectivity index (χ3v) is 2.35. The predicted octanol–water partition coefficient (Wildman–Crippen LogP) is 2.29. The van der Waals surface area contributed by atoms with E-state index < -0.39 is 6.17 Å². The molecular formula is C8H17ClFN. The topological polar surface area (TPSA) is 26.0 Å². The van der Waals surface area contributed by atoms with E-state index >= 15 is 0 Å². The predicted molar refractivity (Wildman–Crippen MR) is 47.8 cm³/mol.